The first kappa shape index (κ1) is 16.8. The highest BCUT2D eigenvalue weighted by molar-refractivity contribution is 7.16. The van der Waals surface area contributed by atoms with Gasteiger partial charge >= 0.3 is 0 Å². The Morgan fingerprint density at radius 1 is 1.23 bits per heavy atom. The van der Waals surface area contributed by atoms with E-state index in [0.717, 1.165) is 15.8 Å². The van der Waals surface area contributed by atoms with Crippen LogP contribution in [-0.4, -0.2) is 31.0 Å². The van der Waals surface area contributed by atoms with Crippen molar-refractivity contribution in [3.8, 4) is 11.5 Å². The third-order valence-electron chi connectivity index (χ3n) is 4.12. The van der Waals surface area contributed by atoms with Crippen LogP contribution in [0.3, 0.4) is 0 Å². The fourth-order valence-electron chi connectivity index (χ4n) is 2.88. The average Bonchev–Trinajstić information content (AvgIpc) is 3.23. The zero-order chi connectivity index (χ0) is 17.9. The van der Waals surface area contributed by atoms with Gasteiger partial charge in [0, 0.05) is 13.7 Å². The maximum atomic E-state index is 12.5. The van der Waals surface area contributed by atoms with Crippen molar-refractivity contribution in [2.45, 2.75) is 13.0 Å². The molecule has 0 unspecified atom stereocenters. The Morgan fingerprint density at radius 3 is 2.96 bits per heavy atom. The van der Waals surface area contributed by atoms with Crippen LogP contribution in [0.2, 0.25) is 0 Å². The fraction of sp³-hybridized carbons (Fsp3) is 0.263. The molecule has 4 rings (SSSR count). The van der Waals surface area contributed by atoms with Gasteiger partial charge in [-0.15, -0.1) is 0 Å². The Morgan fingerprint density at radius 2 is 2.08 bits per heavy atom. The van der Waals surface area contributed by atoms with Crippen molar-refractivity contribution in [2.75, 3.05) is 20.5 Å². The number of rotatable bonds is 5. The van der Waals surface area contributed by atoms with Crippen LogP contribution in [0.4, 0.5) is 0 Å². The topological polar surface area (TPSA) is 62.1 Å². The van der Waals surface area contributed by atoms with E-state index in [4.69, 9.17) is 14.2 Å². The Bertz CT molecular complexity index is 1020. The first-order valence-corrected chi connectivity index (χ1v) is 9.09. The normalized spacial score (nSPS) is 13.5. The van der Waals surface area contributed by atoms with E-state index in [1.54, 1.807) is 7.11 Å². The molecule has 1 aliphatic rings. The molecule has 6 nitrogen and oxygen atoms in total. The number of amides is 1. The summed E-state index contributed by atoms with van der Waals surface area (Å²) in [6.45, 7) is 1.43. The molecule has 0 radical (unpaired) electrons. The number of ether oxygens (including phenoxy) is 3. The van der Waals surface area contributed by atoms with Crippen molar-refractivity contribution < 1.29 is 19.0 Å². The molecule has 0 saturated heterocycles. The number of carbonyl (C=O) groups excluding carboxylic acids is 1. The molecule has 26 heavy (non-hydrogen) atoms. The number of nitrogens with zero attached hydrogens (tertiary/aromatic N) is 2. The number of aromatic nitrogens is 1. The van der Waals surface area contributed by atoms with E-state index in [-0.39, 0.29) is 19.1 Å². The highest BCUT2D eigenvalue weighted by Crippen LogP contribution is 2.32. The monoisotopic (exact) mass is 370 g/mol. The van der Waals surface area contributed by atoms with E-state index in [2.05, 4.69) is 4.99 Å². The van der Waals surface area contributed by atoms with E-state index < -0.39 is 0 Å². The molecular weight excluding hydrogens is 352 g/mol. The summed E-state index contributed by atoms with van der Waals surface area (Å²) in [5.41, 5.74) is 1.91. The largest absolute Gasteiger partial charge is 0.454 e. The Balaban J connectivity index is 1.63. The predicted octanol–water partition coefficient (Wildman–Crippen LogP) is 2.75. The lowest BCUT2D eigenvalue weighted by Crippen LogP contribution is -2.19. The quantitative estimate of drug-likeness (QED) is 0.693. The number of thiazole rings is 1. The van der Waals surface area contributed by atoms with E-state index in [0.29, 0.717) is 29.5 Å². The maximum absolute atomic E-state index is 12.5. The van der Waals surface area contributed by atoms with Crippen LogP contribution in [0, 0.1) is 0 Å². The predicted molar refractivity (Wildman–Crippen MR) is 98.5 cm³/mol. The molecule has 0 bridgehead atoms. The van der Waals surface area contributed by atoms with Crippen LogP contribution in [0.1, 0.15) is 5.56 Å². The summed E-state index contributed by atoms with van der Waals surface area (Å²) in [4.78, 5) is 17.6. The van der Waals surface area contributed by atoms with Crippen molar-refractivity contribution in [3.05, 3.63) is 52.8 Å². The molecular formula is C19H18N2O4S. The minimum Gasteiger partial charge on any atom is -0.454 e. The second-order valence-corrected chi connectivity index (χ2v) is 6.88. The standard InChI is InChI=1S/C19H18N2O4S/c1-23-9-8-21-14-4-2-3-5-17(14)26-19(21)20-18(22)11-13-6-7-15-16(10-13)25-12-24-15/h2-7,10H,8-9,11-12H2,1H3. The second-order valence-electron chi connectivity index (χ2n) is 5.87. The number of hydrogen-bond acceptors (Lipinski definition) is 5. The number of fused-ring (bicyclic) bond motifs is 2. The Hall–Kier alpha value is -2.64. The summed E-state index contributed by atoms with van der Waals surface area (Å²) in [5, 5.41) is 0. The molecule has 0 fully saturated rings. The molecule has 1 aromatic heterocycles. The van der Waals surface area contributed by atoms with Gasteiger partial charge in [-0.1, -0.05) is 29.5 Å². The minimum atomic E-state index is -0.193. The summed E-state index contributed by atoms with van der Waals surface area (Å²) in [5.74, 6) is 1.19. The Kier molecular flexibility index (Phi) is 4.73. The fourth-order valence-corrected chi connectivity index (χ4v) is 3.95. The van der Waals surface area contributed by atoms with Crippen LogP contribution in [0.15, 0.2) is 47.5 Å². The van der Waals surface area contributed by atoms with Crippen LogP contribution < -0.4 is 14.3 Å². The lowest BCUT2D eigenvalue weighted by atomic mass is 10.1. The highest BCUT2D eigenvalue weighted by Gasteiger charge is 2.14. The first-order chi connectivity index (χ1) is 12.7. The van der Waals surface area contributed by atoms with E-state index in [1.165, 1.54) is 11.3 Å². The van der Waals surface area contributed by atoms with Crippen LogP contribution in [0.5, 0.6) is 11.5 Å². The van der Waals surface area contributed by atoms with E-state index in [1.807, 2.05) is 47.0 Å². The molecule has 1 aliphatic heterocycles. The first-order valence-electron chi connectivity index (χ1n) is 8.28. The lowest BCUT2D eigenvalue weighted by molar-refractivity contribution is -0.117. The van der Waals surface area contributed by atoms with Crippen LogP contribution in [0.25, 0.3) is 10.2 Å². The van der Waals surface area contributed by atoms with Crippen molar-refractivity contribution in [1.82, 2.24) is 4.57 Å². The summed E-state index contributed by atoms with van der Waals surface area (Å²) >= 11 is 1.51. The van der Waals surface area contributed by atoms with Gasteiger partial charge in [0.25, 0.3) is 5.91 Å². The highest BCUT2D eigenvalue weighted by atomic mass is 32.1. The zero-order valence-electron chi connectivity index (χ0n) is 14.3. The third-order valence-corrected chi connectivity index (χ3v) is 5.18. The molecule has 0 aliphatic carbocycles. The molecule has 7 heteroatoms. The molecule has 2 heterocycles. The number of carbonyl (C=O) groups is 1. The van der Waals surface area contributed by atoms with Crippen LogP contribution >= 0.6 is 11.3 Å². The molecule has 0 saturated carbocycles. The number of hydrogen-bond donors (Lipinski definition) is 0. The summed E-state index contributed by atoms with van der Waals surface area (Å²) in [7, 11) is 1.66. The molecule has 0 N–H and O–H groups in total. The third kappa shape index (κ3) is 3.36. The van der Waals surface area contributed by atoms with Gasteiger partial charge in [-0.3, -0.25) is 4.79 Å². The second kappa shape index (κ2) is 7.31. The van der Waals surface area contributed by atoms with Crippen molar-refractivity contribution in [3.63, 3.8) is 0 Å². The summed E-state index contributed by atoms with van der Waals surface area (Å²) in [6, 6.07) is 13.6. The maximum Gasteiger partial charge on any atom is 0.252 e. The number of benzene rings is 2. The molecule has 3 aromatic rings. The number of para-hydroxylation sites is 1. The van der Waals surface area contributed by atoms with Gasteiger partial charge in [0.05, 0.1) is 23.2 Å². The smallest absolute Gasteiger partial charge is 0.252 e. The lowest BCUT2D eigenvalue weighted by Gasteiger charge is -2.04. The van der Waals surface area contributed by atoms with Gasteiger partial charge in [0.15, 0.2) is 16.3 Å². The molecule has 0 atom stereocenters. The molecule has 0 spiro atoms. The van der Waals surface area contributed by atoms with Gasteiger partial charge < -0.3 is 18.8 Å². The molecule has 1 amide bonds. The minimum absolute atomic E-state index is 0.193. The number of methoxy groups -OCH3 is 1. The van der Waals surface area contributed by atoms with Crippen LogP contribution in [-0.2, 0) is 22.5 Å². The van der Waals surface area contributed by atoms with E-state index >= 15 is 0 Å². The van der Waals surface area contributed by atoms with E-state index in [9.17, 15) is 4.79 Å². The zero-order valence-corrected chi connectivity index (χ0v) is 15.1. The summed E-state index contributed by atoms with van der Waals surface area (Å²) < 4.78 is 19.0. The van der Waals surface area contributed by atoms with Gasteiger partial charge in [-0.25, -0.2) is 0 Å². The van der Waals surface area contributed by atoms with Gasteiger partial charge in [0.2, 0.25) is 6.79 Å². The van der Waals surface area contributed by atoms with Gasteiger partial charge in [-0.05, 0) is 29.8 Å². The molecule has 134 valence electrons. The van der Waals surface area contributed by atoms with Crippen molar-refractivity contribution in [1.29, 1.82) is 0 Å². The van der Waals surface area contributed by atoms with Crippen molar-refractivity contribution >= 4 is 27.5 Å². The van der Waals surface area contributed by atoms with Gasteiger partial charge in [0.1, 0.15) is 0 Å². The summed E-state index contributed by atoms with van der Waals surface area (Å²) in [6.07, 6.45) is 0.217. The van der Waals surface area contributed by atoms with Gasteiger partial charge in [-0.2, -0.15) is 4.99 Å². The van der Waals surface area contributed by atoms with Crippen molar-refractivity contribution in [2.24, 2.45) is 4.99 Å². The SMILES string of the molecule is COCCn1c(=NC(=O)Cc2ccc3c(c2)OCO3)sc2ccccc21. The average molecular weight is 370 g/mol. The molecule has 2 aromatic carbocycles. The Labute approximate surface area is 154 Å².